The van der Waals surface area contributed by atoms with Crippen LogP contribution in [0.15, 0.2) is 29.2 Å². The molecule has 0 aromatic heterocycles. The minimum absolute atomic E-state index is 0.130. The molecule has 0 amide bonds. The van der Waals surface area contributed by atoms with Crippen LogP contribution in [0.4, 0.5) is 0 Å². The predicted octanol–water partition coefficient (Wildman–Crippen LogP) is 0.396. The van der Waals surface area contributed by atoms with Gasteiger partial charge in [0, 0.05) is 0 Å². The highest BCUT2D eigenvalue weighted by Crippen LogP contribution is 2.16. The van der Waals surface area contributed by atoms with Gasteiger partial charge in [-0.05, 0) is 30.2 Å². The molecule has 1 rings (SSSR count). The number of nitrogens with two attached hydrogens (primary N) is 2. The zero-order chi connectivity index (χ0) is 10.8. The minimum Gasteiger partial charge on any atom is -0.330 e. The summed E-state index contributed by atoms with van der Waals surface area (Å²) in [5, 5.41) is 4.96. The van der Waals surface area contributed by atoms with Gasteiger partial charge in [0.2, 0.25) is 10.0 Å². The van der Waals surface area contributed by atoms with E-state index in [4.69, 9.17) is 10.9 Å². The summed E-state index contributed by atoms with van der Waals surface area (Å²) in [7, 11) is -3.58. The summed E-state index contributed by atoms with van der Waals surface area (Å²) >= 11 is 0. The van der Waals surface area contributed by atoms with Crippen LogP contribution in [-0.2, 0) is 10.0 Å². The normalized spacial score (nSPS) is 13.9. The van der Waals surface area contributed by atoms with Crippen LogP contribution in [-0.4, -0.2) is 15.0 Å². The van der Waals surface area contributed by atoms with Gasteiger partial charge in [0.05, 0.1) is 4.90 Å². The molecule has 0 saturated heterocycles. The second kappa shape index (κ2) is 4.08. The zero-order valence-electron chi connectivity index (χ0n) is 7.97. The van der Waals surface area contributed by atoms with Crippen LogP contribution in [0.3, 0.4) is 0 Å². The van der Waals surface area contributed by atoms with Gasteiger partial charge in [0.15, 0.2) is 0 Å². The van der Waals surface area contributed by atoms with Crippen LogP contribution >= 0.6 is 0 Å². The fourth-order valence-corrected chi connectivity index (χ4v) is 1.64. The van der Waals surface area contributed by atoms with Crippen molar-refractivity contribution in [2.45, 2.75) is 17.7 Å². The SMILES string of the molecule is CC(CN)c1ccc(S(N)(=O)=O)cc1. The summed E-state index contributed by atoms with van der Waals surface area (Å²) < 4.78 is 21.9. The molecule has 1 unspecified atom stereocenters. The van der Waals surface area contributed by atoms with Gasteiger partial charge in [-0.2, -0.15) is 0 Å². The van der Waals surface area contributed by atoms with Crippen molar-refractivity contribution in [3.05, 3.63) is 29.8 Å². The van der Waals surface area contributed by atoms with Gasteiger partial charge < -0.3 is 5.73 Å². The molecule has 4 N–H and O–H groups in total. The Labute approximate surface area is 84.0 Å². The fourth-order valence-electron chi connectivity index (χ4n) is 1.12. The summed E-state index contributed by atoms with van der Waals surface area (Å²) in [6.45, 7) is 2.51. The van der Waals surface area contributed by atoms with Crippen LogP contribution in [0.2, 0.25) is 0 Å². The molecule has 4 nitrogen and oxygen atoms in total. The maximum atomic E-state index is 10.9. The monoisotopic (exact) mass is 214 g/mol. The molecule has 0 spiro atoms. The standard InChI is InChI=1S/C9H14N2O2S/c1-7(6-10)8-2-4-9(5-3-8)14(11,12)13/h2-5,7H,6,10H2,1H3,(H2,11,12,13). The number of rotatable bonds is 3. The van der Waals surface area contributed by atoms with Crippen molar-refractivity contribution in [1.82, 2.24) is 0 Å². The van der Waals surface area contributed by atoms with Crippen molar-refractivity contribution in [2.75, 3.05) is 6.54 Å². The molecule has 0 radical (unpaired) electrons. The number of benzene rings is 1. The van der Waals surface area contributed by atoms with Crippen molar-refractivity contribution < 1.29 is 8.42 Å². The first kappa shape index (κ1) is 11.2. The number of sulfonamides is 1. The molecule has 0 aliphatic heterocycles. The Balaban J connectivity index is 3.01. The van der Waals surface area contributed by atoms with Crippen LogP contribution < -0.4 is 10.9 Å². The molecule has 1 aromatic carbocycles. The van der Waals surface area contributed by atoms with Crippen LogP contribution in [0.25, 0.3) is 0 Å². The smallest absolute Gasteiger partial charge is 0.238 e. The van der Waals surface area contributed by atoms with Crippen molar-refractivity contribution >= 4 is 10.0 Å². The first-order valence-electron chi connectivity index (χ1n) is 4.28. The highest BCUT2D eigenvalue weighted by Gasteiger charge is 2.08. The van der Waals surface area contributed by atoms with E-state index in [1.54, 1.807) is 12.1 Å². The molecular formula is C9H14N2O2S. The Kier molecular flexibility index (Phi) is 3.25. The molecule has 1 atom stereocenters. The van der Waals surface area contributed by atoms with Gasteiger partial charge in [-0.25, -0.2) is 13.6 Å². The Morgan fingerprint density at radius 2 is 1.79 bits per heavy atom. The van der Waals surface area contributed by atoms with Gasteiger partial charge in [-0.3, -0.25) is 0 Å². The predicted molar refractivity (Wildman–Crippen MR) is 55.3 cm³/mol. The van der Waals surface area contributed by atoms with Crippen molar-refractivity contribution in [1.29, 1.82) is 0 Å². The van der Waals surface area contributed by atoms with Crippen molar-refractivity contribution in [2.24, 2.45) is 10.9 Å². The first-order chi connectivity index (χ1) is 6.45. The fraction of sp³-hybridized carbons (Fsp3) is 0.333. The molecule has 14 heavy (non-hydrogen) atoms. The Bertz CT molecular complexity index is 397. The highest BCUT2D eigenvalue weighted by molar-refractivity contribution is 7.89. The molecule has 0 heterocycles. The van der Waals surface area contributed by atoms with E-state index in [1.165, 1.54) is 12.1 Å². The molecule has 1 aromatic rings. The molecule has 78 valence electrons. The third kappa shape index (κ3) is 2.54. The van der Waals surface area contributed by atoms with E-state index in [0.717, 1.165) is 5.56 Å². The molecular weight excluding hydrogens is 200 g/mol. The molecule has 5 heteroatoms. The lowest BCUT2D eigenvalue weighted by Crippen LogP contribution is -2.13. The van der Waals surface area contributed by atoms with Gasteiger partial charge in [0.25, 0.3) is 0 Å². The highest BCUT2D eigenvalue weighted by atomic mass is 32.2. The van der Waals surface area contributed by atoms with Crippen LogP contribution in [0.5, 0.6) is 0 Å². The summed E-state index contributed by atoms with van der Waals surface area (Å²) in [4.78, 5) is 0.130. The molecule has 0 bridgehead atoms. The zero-order valence-corrected chi connectivity index (χ0v) is 8.79. The summed E-state index contributed by atoms with van der Waals surface area (Å²) in [6.07, 6.45) is 0. The van der Waals surface area contributed by atoms with Crippen molar-refractivity contribution in [3.63, 3.8) is 0 Å². The molecule has 0 aliphatic carbocycles. The average Bonchev–Trinajstić information content (AvgIpc) is 2.15. The van der Waals surface area contributed by atoms with Crippen LogP contribution in [0, 0.1) is 0 Å². The van der Waals surface area contributed by atoms with Crippen LogP contribution in [0.1, 0.15) is 18.4 Å². The van der Waals surface area contributed by atoms with E-state index in [-0.39, 0.29) is 10.8 Å². The summed E-state index contributed by atoms with van der Waals surface area (Å²) in [6, 6.07) is 6.46. The topological polar surface area (TPSA) is 86.2 Å². The average molecular weight is 214 g/mol. The quantitative estimate of drug-likeness (QED) is 0.763. The van der Waals surface area contributed by atoms with Gasteiger partial charge in [0.1, 0.15) is 0 Å². The van der Waals surface area contributed by atoms with Crippen molar-refractivity contribution in [3.8, 4) is 0 Å². The van der Waals surface area contributed by atoms with E-state index in [1.807, 2.05) is 6.92 Å². The maximum Gasteiger partial charge on any atom is 0.238 e. The summed E-state index contributed by atoms with van der Waals surface area (Å²) in [5.41, 5.74) is 6.50. The Morgan fingerprint density at radius 1 is 1.29 bits per heavy atom. The molecule has 0 saturated carbocycles. The van der Waals surface area contributed by atoms with E-state index in [0.29, 0.717) is 6.54 Å². The Morgan fingerprint density at radius 3 is 2.14 bits per heavy atom. The van der Waals surface area contributed by atoms with E-state index in [2.05, 4.69) is 0 Å². The second-order valence-electron chi connectivity index (χ2n) is 3.25. The third-order valence-corrected chi connectivity index (χ3v) is 3.06. The maximum absolute atomic E-state index is 10.9. The number of hydrogen-bond donors (Lipinski definition) is 2. The largest absolute Gasteiger partial charge is 0.330 e. The van der Waals surface area contributed by atoms with Gasteiger partial charge in [-0.15, -0.1) is 0 Å². The lowest BCUT2D eigenvalue weighted by molar-refractivity contribution is 0.597. The lowest BCUT2D eigenvalue weighted by Gasteiger charge is -2.08. The van der Waals surface area contributed by atoms with E-state index >= 15 is 0 Å². The number of primary sulfonamides is 1. The second-order valence-corrected chi connectivity index (χ2v) is 4.81. The molecule has 0 aliphatic rings. The minimum atomic E-state index is -3.58. The third-order valence-electron chi connectivity index (χ3n) is 2.13. The number of hydrogen-bond acceptors (Lipinski definition) is 3. The van der Waals surface area contributed by atoms with Gasteiger partial charge >= 0.3 is 0 Å². The van der Waals surface area contributed by atoms with E-state index < -0.39 is 10.0 Å². The Hall–Kier alpha value is -0.910. The van der Waals surface area contributed by atoms with Gasteiger partial charge in [-0.1, -0.05) is 19.1 Å². The van der Waals surface area contributed by atoms with E-state index in [9.17, 15) is 8.42 Å². The lowest BCUT2D eigenvalue weighted by atomic mass is 10.0. The first-order valence-corrected chi connectivity index (χ1v) is 5.82. The summed E-state index contributed by atoms with van der Waals surface area (Å²) in [5.74, 6) is 0.226. The molecule has 0 fully saturated rings.